The number of halogens is 3. The number of hydrogen-bond acceptors (Lipinski definition) is 2. The molecule has 0 aliphatic heterocycles. The lowest BCUT2D eigenvalue weighted by molar-refractivity contribution is 0.576. The van der Waals surface area contributed by atoms with Gasteiger partial charge in [-0.1, -0.05) is 17.7 Å². The van der Waals surface area contributed by atoms with E-state index < -0.39 is 0 Å². The SMILES string of the molecule is CNC(c1ccsc1)c1ccc(Br)c(Cl)c1F. The maximum absolute atomic E-state index is 14.1. The van der Waals surface area contributed by atoms with Gasteiger partial charge in [-0.3, -0.25) is 0 Å². The second-order valence-corrected chi connectivity index (χ2v) is 5.56. The summed E-state index contributed by atoms with van der Waals surface area (Å²) in [7, 11) is 1.80. The molecule has 0 aliphatic rings. The molecule has 5 heteroatoms. The Hall–Kier alpha value is -0.420. The molecule has 1 unspecified atom stereocenters. The van der Waals surface area contributed by atoms with E-state index >= 15 is 0 Å². The smallest absolute Gasteiger partial charge is 0.148 e. The molecule has 0 aliphatic carbocycles. The molecule has 0 bridgehead atoms. The summed E-state index contributed by atoms with van der Waals surface area (Å²) < 4.78 is 14.7. The van der Waals surface area contributed by atoms with Gasteiger partial charge in [0.15, 0.2) is 0 Å². The third-order valence-corrected chi connectivity index (χ3v) is 4.50. The van der Waals surface area contributed by atoms with Gasteiger partial charge in [0.05, 0.1) is 11.1 Å². The van der Waals surface area contributed by atoms with E-state index in [0.717, 1.165) is 5.56 Å². The van der Waals surface area contributed by atoms with Crippen molar-refractivity contribution in [2.75, 3.05) is 7.05 Å². The quantitative estimate of drug-likeness (QED) is 0.808. The minimum Gasteiger partial charge on any atom is -0.309 e. The summed E-state index contributed by atoms with van der Waals surface area (Å²) in [5.74, 6) is -0.383. The monoisotopic (exact) mass is 333 g/mol. The molecular formula is C12H10BrClFNS. The Morgan fingerprint density at radius 2 is 2.18 bits per heavy atom. The van der Waals surface area contributed by atoms with Crippen LogP contribution >= 0.6 is 38.9 Å². The zero-order chi connectivity index (χ0) is 12.4. The van der Waals surface area contributed by atoms with Crippen LogP contribution in [0, 0.1) is 5.82 Å². The van der Waals surface area contributed by atoms with E-state index in [1.54, 1.807) is 30.5 Å². The first-order valence-corrected chi connectivity index (χ1v) is 7.09. The number of hydrogen-bond donors (Lipinski definition) is 1. The van der Waals surface area contributed by atoms with E-state index in [4.69, 9.17) is 11.6 Å². The van der Waals surface area contributed by atoms with Crippen molar-refractivity contribution >= 4 is 38.9 Å². The third-order valence-electron chi connectivity index (χ3n) is 2.54. The Morgan fingerprint density at radius 1 is 1.41 bits per heavy atom. The number of thiophene rings is 1. The van der Waals surface area contributed by atoms with Gasteiger partial charge in [0.1, 0.15) is 5.82 Å². The number of benzene rings is 1. The fraction of sp³-hybridized carbons (Fsp3) is 0.167. The van der Waals surface area contributed by atoms with Crippen molar-refractivity contribution in [3.63, 3.8) is 0 Å². The molecular weight excluding hydrogens is 325 g/mol. The highest BCUT2D eigenvalue weighted by Crippen LogP contribution is 2.33. The third kappa shape index (κ3) is 2.55. The van der Waals surface area contributed by atoms with Gasteiger partial charge in [-0.05, 0) is 51.4 Å². The zero-order valence-corrected chi connectivity index (χ0v) is 12.2. The molecule has 0 saturated carbocycles. The second-order valence-electron chi connectivity index (χ2n) is 3.54. The van der Waals surface area contributed by atoms with Crippen molar-refractivity contribution in [1.82, 2.24) is 5.32 Å². The zero-order valence-electron chi connectivity index (χ0n) is 9.01. The molecule has 0 fully saturated rings. The molecule has 0 amide bonds. The van der Waals surface area contributed by atoms with E-state index in [9.17, 15) is 4.39 Å². The van der Waals surface area contributed by atoms with E-state index in [2.05, 4.69) is 21.2 Å². The molecule has 1 aromatic heterocycles. The van der Waals surface area contributed by atoms with E-state index in [1.807, 2.05) is 16.8 Å². The number of rotatable bonds is 3. The largest absolute Gasteiger partial charge is 0.309 e. The van der Waals surface area contributed by atoms with E-state index in [0.29, 0.717) is 10.0 Å². The average Bonchev–Trinajstić information content (AvgIpc) is 2.84. The Bertz CT molecular complexity index is 515. The van der Waals surface area contributed by atoms with Crippen molar-refractivity contribution in [1.29, 1.82) is 0 Å². The predicted molar refractivity (Wildman–Crippen MR) is 74.3 cm³/mol. The van der Waals surface area contributed by atoms with Crippen LogP contribution in [0.5, 0.6) is 0 Å². The Balaban J connectivity index is 2.49. The summed E-state index contributed by atoms with van der Waals surface area (Å²) in [6.07, 6.45) is 0. The molecule has 90 valence electrons. The van der Waals surface area contributed by atoms with Crippen LogP contribution in [0.2, 0.25) is 5.02 Å². The molecule has 1 atom stereocenters. The standard InChI is InChI=1S/C12H10BrClFNS/c1-16-12(7-4-5-17-6-7)8-2-3-9(13)10(14)11(8)15/h2-6,12,16H,1H3. The lowest BCUT2D eigenvalue weighted by Crippen LogP contribution is -2.18. The molecule has 0 radical (unpaired) electrons. The maximum atomic E-state index is 14.1. The summed E-state index contributed by atoms with van der Waals surface area (Å²) in [4.78, 5) is 0. The topological polar surface area (TPSA) is 12.0 Å². The van der Waals surface area contributed by atoms with Crippen LogP contribution in [-0.4, -0.2) is 7.05 Å². The normalized spacial score (nSPS) is 12.7. The highest BCUT2D eigenvalue weighted by molar-refractivity contribution is 9.10. The van der Waals surface area contributed by atoms with Gasteiger partial charge in [0.2, 0.25) is 0 Å². The first-order valence-electron chi connectivity index (χ1n) is 4.98. The molecule has 1 N–H and O–H groups in total. The van der Waals surface area contributed by atoms with Crippen LogP contribution in [0.25, 0.3) is 0 Å². The summed E-state index contributed by atoms with van der Waals surface area (Å²) in [6.45, 7) is 0. The van der Waals surface area contributed by atoms with Gasteiger partial charge in [-0.25, -0.2) is 4.39 Å². The summed E-state index contributed by atoms with van der Waals surface area (Å²) in [5, 5.41) is 7.19. The Kier molecular flexibility index (Phi) is 4.20. The molecule has 0 saturated heterocycles. The fourth-order valence-electron chi connectivity index (χ4n) is 1.70. The molecule has 1 heterocycles. The molecule has 2 rings (SSSR count). The van der Waals surface area contributed by atoms with Gasteiger partial charge in [0, 0.05) is 10.0 Å². The lowest BCUT2D eigenvalue weighted by atomic mass is 10.0. The molecule has 0 spiro atoms. The second kappa shape index (κ2) is 5.48. The van der Waals surface area contributed by atoms with Crippen molar-refractivity contribution in [2.24, 2.45) is 0 Å². The molecule has 1 nitrogen and oxygen atoms in total. The molecule has 17 heavy (non-hydrogen) atoms. The summed E-state index contributed by atoms with van der Waals surface area (Å²) in [5.41, 5.74) is 1.59. The van der Waals surface area contributed by atoms with Gasteiger partial charge in [0.25, 0.3) is 0 Å². The highest BCUT2D eigenvalue weighted by Gasteiger charge is 2.19. The first-order chi connectivity index (χ1) is 8.15. The van der Waals surface area contributed by atoms with Crippen molar-refractivity contribution < 1.29 is 4.39 Å². The van der Waals surface area contributed by atoms with Gasteiger partial charge < -0.3 is 5.32 Å². The minimum absolute atomic E-state index is 0.123. The van der Waals surface area contributed by atoms with Crippen molar-refractivity contribution in [3.8, 4) is 0 Å². The lowest BCUT2D eigenvalue weighted by Gasteiger charge is -2.17. The van der Waals surface area contributed by atoms with Crippen LogP contribution in [0.1, 0.15) is 17.2 Å². The van der Waals surface area contributed by atoms with Gasteiger partial charge >= 0.3 is 0 Å². The van der Waals surface area contributed by atoms with E-state index in [-0.39, 0.29) is 16.9 Å². The van der Waals surface area contributed by atoms with Crippen LogP contribution < -0.4 is 5.32 Å². The molecule has 1 aromatic carbocycles. The summed E-state index contributed by atoms with van der Waals surface area (Å²) in [6, 6.07) is 5.30. The highest BCUT2D eigenvalue weighted by atomic mass is 79.9. The van der Waals surface area contributed by atoms with Crippen LogP contribution in [0.4, 0.5) is 4.39 Å². The Labute approximate surface area is 117 Å². The Morgan fingerprint density at radius 3 is 2.76 bits per heavy atom. The average molecular weight is 335 g/mol. The fourth-order valence-corrected chi connectivity index (χ4v) is 2.87. The van der Waals surface area contributed by atoms with Crippen LogP contribution in [0.15, 0.2) is 33.4 Å². The van der Waals surface area contributed by atoms with Gasteiger partial charge in [-0.15, -0.1) is 0 Å². The first kappa shape index (κ1) is 13.0. The molecule has 2 aromatic rings. The van der Waals surface area contributed by atoms with Crippen LogP contribution in [0.3, 0.4) is 0 Å². The van der Waals surface area contributed by atoms with Crippen molar-refractivity contribution in [2.45, 2.75) is 6.04 Å². The number of nitrogens with one attached hydrogen (secondary N) is 1. The minimum atomic E-state index is -0.383. The predicted octanol–water partition coefficient (Wildman–Crippen LogP) is 4.61. The van der Waals surface area contributed by atoms with Gasteiger partial charge in [-0.2, -0.15) is 11.3 Å². The van der Waals surface area contributed by atoms with Crippen molar-refractivity contribution in [3.05, 3.63) is 55.4 Å². The maximum Gasteiger partial charge on any atom is 0.148 e. The summed E-state index contributed by atoms with van der Waals surface area (Å²) >= 11 is 10.7. The van der Waals surface area contributed by atoms with E-state index in [1.165, 1.54) is 0 Å². The van der Waals surface area contributed by atoms with Crippen LogP contribution in [-0.2, 0) is 0 Å².